The van der Waals surface area contributed by atoms with Crippen LogP contribution in [0, 0.1) is 0 Å². The molecule has 14 heteroatoms. The molecule has 0 saturated carbocycles. The van der Waals surface area contributed by atoms with Crippen molar-refractivity contribution in [2.75, 3.05) is 17.6 Å². The first-order valence-corrected chi connectivity index (χ1v) is 15.1. The standard InChI is InChI=1S/C26H26ClN7O4S2/c1-2-3-15-29-25(36)33-40(37,38)22-12-8-20(9-13-22)30-23(35)17-39-26-32-31-24(18-5-4-14-28-16-18)34(26)21-10-6-19(27)7-11-21/h4-14,16H,2-3,15,17H2,1H3,(H,30,35)(H2,29,33,36). The zero-order chi connectivity index (χ0) is 28.5. The molecular weight excluding hydrogens is 574 g/mol. The Hall–Kier alpha value is -3.94. The molecule has 0 spiro atoms. The zero-order valence-electron chi connectivity index (χ0n) is 21.4. The van der Waals surface area contributed by atoms with Gasteiger partial charge in [-0.05, 0) is 67.1 Å². The third-order valence-electron chi connectivity index (χ3n) is 5.46. The number of hydrogen-bond donors (Lipinski definition) is 3. The van der Waals surface area contributed by atoms with Crippen molar-refractivity contribution in [3.63, 3.8) is 0 Å². The molecule has 2 aromatic carbocycles. The lowest BCUT2D eigenvalue weighted by molar-refractivity contribution is -0.113. The molecule has 0 fully saturated rings. The van der Waals surface area contributed by atoms with Gasteiger partial charge in [-0.2, -0.15) is 0 Å². The van der Waals surface area contributed by atoms with Gasteiger partial charge in [0.05, 0.1) is 10.6 Å². The number of nitrogens with one attached hydrogen (secondary N) is 3. The number of thioether (sulfide) groups is 1. The lowest BCUT2D eigenvalue weighted by atomic mass is 10.2. The summed E-state index contributed by atoms with van der Waals surface area (Å²) >= 11 is 7.25. The summed E-state index contributed by atoms with van der Waals surface area (Å²) in [5.41, 5.74) is 1.91. The molecule has 4 aromatic rings. The third-order valence-corrected chi connectivity index (χ3v) is 7.99. The van der Waals surface area contributed by atoms with Crippen LogP contribution in [-0.2, 0) is 14.8 Å². The number of carbonyl (C=O) groups excluding carboxylic acids is 2. The Morgan fingerprint density at radius 2 is 1.77 bits per heavy atom. The van der Waals surface area contributed by atoms with Crippen LogP contribution in [0.2, 0.25) is 5.02 Å². The highest BCUT2D eigenvalue weighted by atomic mass is 35.5. The largest absolute Gasteiger partial charge is 0.337 e. The van der Waals surface area contributed by atoms with Crippen molar-refractivity contribution < 1.29 is 18.0 Å². The molecule has 4 rings (SSSR count). The van der Waals surface area contributed by atoms with Crippen molar-refractivity contribution in [3.05, 3.63) is 78.1 Å². The van der Waals surface area contributed by atoms with E-state index in [0.29, 0.717) is 28.2 Å². The number of sulfonamides is 1. The van der Waals surface area contributed by atoms with E-state index in [0.717, 1.165) is 24.1 Å². The SMILES string of the molecule is CCCCNC(=O)NS(=O)(=O)c1ccc(NC(=O)CSc2nnc(-c3cccnc3)n2-c2ccc(Cl)cc2)cc1. The predicted molar refractivity (Wildman–Crippen MR) is 154 cm³/mol. The Morgan fingerprint density at radius 3 is 2.45 bits per heavy atom. The number of hydrogen-bond acceptors (Lipinski definition) is 8. The summed E-state index contributed by atoms with van der Waals surface area (Å²) < 4.78 is 28.7. The average molecular weight is 600 g/mol. The summed E-state index contributed by atoms with van der Waals surface area (Å²) in [6.07, 6.45) is 4.95. The van der Waals surface area contributed by atoms with E-state index in [2.05, 4.69) is 25.8 Å². The number of unbranched alkanes of at least 4 members (excludes halogenated alkanes) is 1. The van der Waals surface area contributed by atoms with Crippen LogP contribution in [0.1, 0.15) is 19.8 Å². The van der Waals surface area contributed by atoms with Gasteiger partial charge in [0.15, 0.2) is 11.0 Å². The molecule has 0 saturated heterocycles. The maximum absolute atomic E-state index is 12.7. The minimum absolute atomic E-state index is 0.0122. The van der Waals surface area contributed by atoms with E-state index >= 15 is 0 Å². The number of carbonyl (C=O) groups is 2. The van der Waals surface area contributed by atoms with E-state index in [9.17, 15) is 18.0 Å². The molecule has 11 nitrogen and oxygen atoms in total. The van der Waals surface area contributed by atoms with Crippen molar-refractivity contribution in [1.29, 1.82) is 0 Å². The second kappa shape index (κ2) is 13.4. The summed E-state index contributed by atoms with van der Waals surface area (Å²) in [4.78, 5) is 28.6. The van der Waals surface area contributed by atoms with E-state index in [-0.39, 0.29) is 16.6 Å². The predicted octanol–water partition coefficient (Wildman–Crippen LogP) is 4.50. The Balaban J connectivity index is 1.41. The van der Waals surface area contributed by atoms with Gasteiger partial charge >= 0.3 is 6.03 Å². The van der Waals surface area contributed by atoms with Crippen LogP contribution in [-0.4, -0.2) is 52.4 Å². The summed E-state index contributed by atoms with van der Waals surface area (Å²) in [6, 6.07) is 15.5. The fourth-order valence-electron chi connectivity index (χ4n) is 3.51. The van der Waals surface area contributed by atoms with Crippen molar-refractivity contribution in [2.45, 2.75) is 29.8 Å². The van der Waals surface area contributed by atoms with Gasteiger partial charge in [-0.25, -0.2) is 17.9 Å². The van der Waals surface area contributed by atoms with Gasteiger partial charge in [0, 0.05) is 40.9 Å². The average Bonchev–Trinajstić information content (AvgIpc) is 3.37. The molecule has 3 N–H and O–H groups in total. The van der Waals surface area contributed by atoms with E-state index in [1.54, 1.807) is 30.6 Å². The van der Waals surface area contributed by atoms with E-state index in [4.69, 9.17) is 11.6 Å². The summed E-state index contributed by atoms with van der Waals surface area (Å²) in [6.45, 7) is 2.34. The van der Waals surface area contributed by atoms with Crippen LogP contribution in [0.3, 0.4) is 0 Å². The highest BCUT2D eigenvalue weighted by molar-refractivity contribution is 7.99. The first kappa shape index (κ1) is 29.1. The number of amides is 3. The molecule has 2 heterocycles. The van der Waals surface area contributed by atoms with Crippen LogP contribution in [0.15, 0.2) is 83.1 Å². The molecule has 0 unspecified atom stereocenters. The summed E-state index contributed by atoms with van der Waals surface area (Å²) in [5, 5.41) is 14.9. The maximum atomic E-state index is 12.7. The Kier molecular flexibility index (Phi) is 9.74. The van der Waals surface area contributed by atoms with E-state index in [1.165, 1.54) is 36.0 Å². The van der Waals surface area contributed by atoms with Crippen LogP contribution in [0.25, 0.3) is 17.1 Å². The lowest BCUT2D eigenvalue weighted by Gasteiger charge is -2.11. The number of nitrogens with zero attached hydrogens (tertiary/aromatic N) is 4. The molecule has 0 radical (unpaired) electrons. The minimum atomic E-state index is -4.05. The Labute approximate surface area is 240 Å². The minimum Gasteiger partial charge on any atom is -0.337 e. The third kappa shape index (κ3) is 7.58. The highest BCUT2D eigenvalue weighted by Crippen LogP contribution is 2.28. The number of urea groups is 1. The van der Waals surface area contributed by atoms with Gasteiger partial charge in [0.2, 0.25) is 5.91 Å². The van der Waals surface area contributed by atoms with E-state index < -0.39 is 16.1 Å². The molecular formula is C26H26ClN7O4S2. The number of rotatable bonds is 11. The van der Waals surface area contributed by atoms with Gasteiger partial charge in [-0.3, -0.25) is 14.3 Å². The molecule has 0 atom stereocenters. The van der Waals surface area contributed by atoms with Gasteiger partial charge in [-0.15, -0.1) is 10.2 Å². The topological polar surface area (TPSA) is 148 Å². The summed E-state index contributed by atoms with van der Waals surface area (Å²) in [7, 11) is -4.05. The monoisotopic (exact) mass is 599 g/mol. The molecule has 3 amide bonds. The number of benzene rings is 2. The molecule has 2 aromatic heterocycles. The Bertz CT molecular complexity index is 1560. The second-order valence-electron chi connectivity index (χ2n) is 8.44. The number of pyridine rings is 1. The van der Waals surface area contributed by atoms with Crippen LogP contribution in [0.5, 0.6) is 0 Å². The van der Waals surface area contributed by atoms with Crippen molar-refractivity contribution in [3.8, 4) is 17.1 Å². The number of halogens is 1. The molecule has 0 bridgehead atoms. The number of aromatic nitrogens is 4. The first-order valence-electron chi connectivity index (χ1n) is 12.2. The highest BCUT2D eigenvalue weighted by Gasteiger charge is 2.19. The molecule has 0 aliphatic heterocycles. The van der Waals surface area contributed by atoms with E-state index in [1.807, 2.05) is 34.4 Å². The maximum Gasteiger partial charge on any atom is 0.328 e. The Morgan fingerprint density at radius 1 is 1.02 bits per heavy atom. The molecule has 0 aliphatic rings. The van der Waals surface area contributed by atoms with Crippen molar-refractivity contribution in [2.24, 2.45) is 0 Å². The van der Waals surface area contributed by atoms with Gasteiger partial charge in [-0.1, -0.05) is 36.7 Å². The second-order valence-corrected chi connectivity index (χ2v) is 11.5. The first-order chi connectivity index (χ1) is 19.3. The van der Waals surface area contributed by atoms with Crippen LogP contribution in [0.4, 0.5) is 10.5 Å². The van der Waals surface area contributed by atoms with Crippen LogP contribution >= 0.6 is 23.4 Å². The zero-order valence-corrected chi connectivity index (χ0v) is 23.8. The van der Waals surface area contributed by atoms with Gasteiger partial charge in [0.25, 0.3) is 10.0 Å². The smallest absolute Gasteiger partial charge is 0.328 e. The number of anilines is 1. The fourth-order valence-corrected chi connectivity index (χ4v) is 5.32. The quantitative estimate of drug-likeness (QED) is 0.169. The van der Waals surface area contributed by atoms with Crippen molar-refractivity contribution in [1.82, 2.24) is 29.8 Å². The van der Waals surface area contributed by atoms with Crippen LogP contribution < -0.4 is 15.4 Å². The normalized spacial score (nSPS) is 11.2. The molecule has 0 aliphatic carbocycles. The van der Waals surface area contributed by atoms with Gasteiger partial charge in [0.1, 0.15) is 0 Å². The lowest BCUT2D eigenvalue weighted by Crippen LogP contribution is -2.39. The van der Waals surface area contributed by atoms with Gasteiger partial charge < -0.3 is 10.6 Å². The molecule has 40 heavy (non-hydrogen) atoms. The summed E-state index contributed by atoms with van der Waals surface area (Å²) in [5.74, 6) is 0.239. The fraction of sp³-hybridized carbons (Fsp3) is 0.192. The van der Waals surface area contributed by atoms with Crippen molar-refractivity contribution >= 4 is 51.0 Å². The molecule has 208 valence electrons.